The van der Waals surface area contributed by atoms with E-state index in [-0.39, 0.29) is 35.4 Å². The Morgan fingerprint density at radius 2 is 2.03 bits per heavy atom. The molecule has 3 saturated carbocycles. The van der Waals surface area contributed by atoms with E-state index in [9.17, 15) is 19.1 Å². The van der Waals surface area contributed by atoms with Crippen LogP contribution in [-0.2, 0) is 4.79 Å². The lowest BCUT2D eigenvalue weighted by atomic mass is 9.60. The molecule has 9 nitrogen and oxygen atoms in total. The van der Waals surface area contributed by atoms with Crippen LogP contribution in [0.4, 0.5) is 4.39 Å². The van der Waals surface area contributed by atoms with Gasteiger partial charge in [-0.2, -0.15) is 0 Å². The number of carbonyl (C=O) groups is 2. The number of rotatable bonds is 7. The number of hydrogen-bond donors (Lipinski definition) is 3. The minimum Gasteiger partial charge on any atom is -0.484 e. The summed E-state index contributed by atoms with van der Waals surface area (Å²) in [7, 11) is 1.42. The fourth-order valence-electron chi connectivity index (χ4n) is 4.46. The SMILES string of the molecule is COc1cc(C(=O)NC23CCC(NC(=O)COc4ccc(Cl)c(F)c4)(CC2)C(O)C3)on1. The number of fused-ring (bicyclic) bond motifs is 3. The summed E-state index contributed by atoms with van der Waals surface area (Å²) in [5.41, 5.74) is -1.39. The average Bonchev–Trinajstić information content (AvgIpc) is 3.25. The summed E-state index contributed by atoms with van der Waals surface area (Å²) in [6, 6.07) is 5.31. The molecule has 0 aliphatic heterocycles. The van der Waals surface area contributed by atoms with Crippen molar-refractivity contribution in [2.45, 2.75) is 49.3 Å². The molecule has 1 aromatic heterocycles. The molecule has 3 aliphatic carbocycles. The number of benzene rings is 1. The Kier molecular flexibility index (Phi) is 6.00. The lowest BCUT2D eigenvalue weighted by Gasteiger charge is -2.56. The van der Waals surface area contributed by atoms with E-state index in [1.807, 2.05) is 0 Å². The van der Waals surface area contributed by atoms with Crippen molar-refractivity contribution in [2.75, 3.05) is 13.7 Å². The first-order chi connectivity index (χ1) is 15.2. The van der Waals surface area contributed by atoms with Crippen molar-refractivity contribution in [2.24, 2.45) is 0 Å². The molecule has 11 heteroatoms. The van der Waals surface area contributed by atoms with Crippen molar-refractivity contribution in [3.63, 3.8) is 0 Å². The molecule has 172 valence electrons. The van der Waals surface area contributed by atoms with E-state index in [0.717, 1.165) is 6.07 Å². The molecule has 3 N–H and O–H groups in total. The molecule has 3 aliphatic rings. The average molecular weight is 468 g/mol. The van der Waals surface area contributed by atoms with Gasteiger partial charge in [0.1, 0.15) is 11.6 Å². The molecule has 1 heterocycles. The zero-order valence-corrected chi connectivity index (χ0v) is 18.1. The van der Waals surface area contributed by atoms with Crippen LogP contribution < -0.4 is 20.1 Å². The van der Waals surface area contributed by atoms with Gasteiger partial charge in [0, 0.05) is 11.6 Å². The summed E-state index contributed by atoms with van der Waals surface area (Å²) < 4.78 is 28.8. The third-order valence-corrected chi connectivity index (χ3v) is 6.58. The molecule has 0 saturated heterocycles. The number of methoxy groups -OCH3 is 1. The Bertz CT molecular complexity index is 1020. The van der Waals surface area contributed by atoms with Crippen LogP contribution in [0.25, 0.3) is 0 Å². The predicted octanol–water partition coefficient (Wildman–Crippen LogP) is 2.22. The molecule has 1 atom stereocenters. The number of halogens is 2. The van der Waals surface area contributed by atoms with Gasteiger partial charge in [0.15, 0.2) is 6.61 Å². The Balaban J connectivity index is 1.34. The monoisotopic (exact) mass is 467 g/mol. The van der Waals surface area contributed by atoms with Gasteiger partial charge in [-0.25, -0.2) is 4.39 Å². The van der Waals surface area contributed by atoms with E-state index in [1.54, 1.807) is 0 Å². The summed E-state index contributed by atoms with van der Waals surface area (Å²) >= 11 is 5.64. The summed E-state index contributed by atoms with van der Waals surface area (Å²) in [5, 5.41) is 20.2. The number of ether oxygens (including phenoxy) is 2. The predicted molar refractivity (Wildman–Crippen MR) is 110 cm³/mol. The highest BCUT2D eigenvalue weighted by Gasteiger charge is 2.55. The van der Waals surface area contributed by atoms with Crippen LogP contribution in [0.2, 0.25) is 5.02 Å². The minimum atomic E-state index is -0.855. The number of aliphatic hydroxyl groups is 1. The summed E-state index contributed by atoms with van der Waals surface area (Å²) in [6.45, 7) is -0.329. The third kappa shape index (κ3) is 4.37. The molecule has 2 aromatic rings. The zero-order chi connectivity index (χ0) is 22.9. The van der Waals surface area contributed by atoms with Gasteiger partial charge in [0.05, 0.1) is 29.8 Å². The van der Waals surface area contributed by atoms with E-state index in [0.29, 0.717) is 25.7 Å². The standard InChI is InChI=1S/C21H23ClFN3O6/c1-30-18-9-15(32-26-18)19(29)25-20-4-6-21(7-5-20,16(27)10-20)24-17(28)11-31-12-2-3-13(22)14(23)8-12/h2-3,8-9,16,27H,4-7,10-11H2,1H3,(H,24,28)(H,25,29). The van der Waals surface area contributed by atoms with Crippen LogP contribution in [0.3, 0.4) is 0 Å². The highest BCUT2D eigenvalue weighted by atomic mass is 35.5. The zero-order valence-electron chi connectivity index (χ0n) is 17.3. The highest BCUT2D eigenvalue weighted by molar-refractivity contribution is 6.30. The normalized spacial score (nSPS) is 26.4. The topological polar surface area (TPSA) is 123 Å². The van der Waals surface area contributed by atoms with Crippen molar-refractivity contribution in [1.29, 1.82) is 0 Å². The highest BCUT2D eigenvalue weighted by Crippen LogP contribution is 2.47. The van der Waals surface area contributed by atoms with Gasteiger partial charge in [0.2, 0.25) is 5.76 Å². The molecular weight excluding hydrogens is 445 g/mol. The van der Waals surface area contributed by atoms with E-state index < -0.39 is 34.8 Å². The first-order valence-corrected chi connectivity index (χ1v) is 10.5. The minimum absolute atomic E-state index is 0.0252. The van der Waals surface area contributed by atoms with Gasteiger partial charge in [0.25, 0.3) is 17.7 Å². The summed E-state index contributed by atoms with van der Waals surface area (Å²) in [6.07, 6.45) is 1.54. The van der Waals surface area contributed by atoms with Crippen LogP contribution >= 0.6 is 11.6 Å². The van der Waals surface area contributed by atoms with Crippen molar-refractivity contribution < 1.29 is 33.1 Å². The second-order valence-corrected chi connectivity index (χ2v) is 8.66. The molecular formula is C21H23ClFN3O6. The Morgan fingerprint density at radius 3 is 2.66 bits per heavy atom. The largest absolute Gasteiger partial charge is 0.484 e. The summed E-state index contributed by atoms with van der Waals surface area (Å²) in [4.78, 5) is 25.0. The molecule has 1 aromatic carbocycles. The number of aliphatic hydroxyl groups excluding tert-OH is 1. The van der Waals surface area contributed by atoms with Gasteiger partial charge in [-0.15, -0.1) is 0 Å². The first-order valence-electron chi connectivity index (χ1n) is 10.1. The number of carbonyl (C=O) groups excluding carboxylic acids is 2. The van der Waals surface area contributed by atoms with Crippen LogP contribution in [0.5, 0.6) is 11.6 Å². The second-order valence-electron chi connectivity index (χ2n) is 8.26. The number of hydrogen-bond acceptors (Lipinski definition) is 7. The number of aromatic nitrogens is 1. The van der Waals surface area contributed by atoms with Crippen LogP contribution in [-0.4, -0.2) is 53.0 Å². The Hall–Kier alpha value is -2.85. The van der Waals surface area contributed by atoms with Gasteiger partial charge in [-0.3, -0.25) is 9.59 Å². The van der Waals surface area contributed by atoms with Gasteiger partial charge in [-0.05, 0) is 49.4 Å². The Morgan fingerprint density at radius 1 is 1.28 bits per heavy atom. The van der Waals surface area contributed by atoms with E-state index in [2.05, 4.69) is 15.8 Å². The van der Waals surface area contributed by atoms with E-state index in [4.69, 9.17) is 25.6 Å². The molecule has 3 fully saturated rings. The first kappa shape index (κ1) is 22.3. The molecule has 2 bridgehead atoms. The number of nitrogens with one attached hydrogen (secondary N) is 2. The molecule has 32 heavy (non-hydrogen) atoms. The van der Waals surface area contributed by atoms with E-state index in [1.165, 1.54) is 25.3 Å². The fourth-order valence-corrected chi connectivity index (χ4v) is 4.57. The lowest BCUT2D eigenvalue weighted by Crippen LogP contribution is -2.70. The van der Waals surface area contributed by atoms with Crippen LogP contribution in [0, 0.1) is 5.82 Å². The van der Waals surface area contributed by atoms with E-state index >= 15 is 0 Å². The quantitative estimate of drug-likeness (QED) is 0.570. The maximum atomic E-state index is 13.5. The number of nitrogens with zero attached hydrogens (tertiary/aromatic N) is 1. The van der Waals surface area contributed by atoms with Crippen molar-refractivity contribution in [3.05, 3.63) is 40.9 Å². The Labute approximate surface area is 188 Å². The molecule has 0 spiro atoms. The maximum Gasteiger partial charge on any atom is 0.290 e. The summed E-state index contributed by atoms with van der Waals surface area (Å²) in [5.74, 6) is -1.09. The van der Waals surface area contributed by atoms with Crippen molar-refractivity contribution >= 4 is 23.4 Å². The maximum absolute atomic E-state index is 13.5. The third-order valence-electron chi connectivity index (χ3n) is 6.27. The van der Waals surface area contributed by atoms with Crippen molar-refractivity contribution in [1.82, 2.24) is 15.8 Å². The second kappa shape index (κ2) is 8.59. The number of amides is 2. The van der Waals surface area contributed by atoms with Crippen LogP contribution in [0.1, 0.15) is 42.7 Å². The molecule has 1 unspecified atom stereocenters. The van der Waals surface area contributed by atoms with Gasteiger partial charge in [-0.1, -0.05) is 11.6 Å². The van der Waals surface area contributed by atoms with Crippen LogP contribution in [0.15, 0.2) is 28.8 Å². The fraction of sp³-hybridized carbons (Fsp3) is 0.476. The lowest BCUT2D eigenvalue weighted by molar-refractivity contribution is -0.132. The molecule has 2 amide bonds. The molecule has 0 radical (unpaired) electrons. The smallest absolute Gasteiger partial charge is 0.290 e. The molecule has 5 rings (SSSR count). The van der Waals surface area contributed by atoms with Gasteiger partial charge >= 0.3 is 0 Å². The van der Waals surface area contributed by atoms with Gasteiger partial charge < -0.3 is 29.7 Å². The van der Waals surface area contributed by atoms with Crippen molar-refractivity contribution in [3.8, 4) is 11.6 Å².